The van der Waals surface area contributed by atoms with Gasteiger partial charge in [0.15, 0.2) is 5.78 Å². The fourth-order valence-corrected chi connectivity index (χ4v) is 3.57. The molecule has 6 nitrogen and oxygen atoms in total. The largest absolute Gasteiger partial charge is 0.294 e. The molecule has 0 unspecified atom stereocenters. The summed E-state index contributed by atoms with van der Waals surface area (Å²) >= 11 is 0. The van der Waals surface area contributed by atoms with E-state index in [9.17, 15) is 21.6 Å². The third kappa shape index (κ3) is 4.90. The minimum Gasteiger partial charge on any atom is -0.294 e. The van der Waals surface area contributed by atoms with Crippen LogP contribution in [0.25, 0.3) is 0 Å². The summed E-state index contributed by atoms with van der Waals surface area (Å²) in [6, 6.07) is 5.76. The van der Waals surface area contributed by atoms with Gasteiger partial charge in [0.05, 0.1) is 10.6 Å². The van der Waals surface area contributed by atoms with Gasteiger partial charge in [-0.25, -0.2) is 16.8 Å². The smallest absolute Gasteiger partial charge is 0.242 e. The lowest BCUT2D eigenvalue weighted by Crippen LogP contribution is -2.31. The first kappa shape index (κ1) is 17.8. The number of nitrogens with zero attached hydrogens (tertiary/aromatic N) is 1. The molecular weight excluding hydrogens is 314 g/mol. The molecule has 118 valence electrons. The van der Waals surface area contributed by atoms with Crippen LogP contribution in [0.5, 0.6) is 0 Å². The molecule has 0 aliphatic heterocycles. The standard InChI is InChI=1S/C13H19NO5S2/c1-4-13(15)11-6-5-7-12(10-11)21(18,19)14(2)8-9-20(3,16)17/h5-7,10H,4,8-9H2,1-3H3. The predicted molar refractivity (Wildman–Crippen MR) is 80.6 cm³/mol. The first-order valence-electron chi connectivity index (χ1n) is 6.35. The van der Waals surface area contributed by atoms with Crippen LogP contribution in [0.2, 0.25) is 0 Å². The molecule has 0 bridgehead atoms. The van der Waals surface area contributed by atoms with E-state index in [1.54, 1.807) is 13.0 Å². The van der Waals surface area contributed by atoms with Gasteiger partial charge in [0.2, 0.25) is 10.0 Å². The van der Waals surface area contributed by atoms with Crippen LogP contribution in [0.3, 0.4) is 0 Å². The molecule has 0 atom stereocenters. The monoisotopic (exact) mass is 333 g/mol. The molecule has 0 aliphatic rings. The average Bonchev–Trinajstić information content (AvgIpc) is 2.43. The summed E-state index contributed by atoms with van der Waals surface area (Å²) in [5, 5.41) is 0. The van der Waals surface area contributed by atoms with E-state index < -0.39 is 19.9 Å². The maximum atomic E-state index is 12.3. The maximum Gasteiger partial charge on any atom is 0.242 e. The number of hydrogen-bond acceptors (Lipinski definition) is 5. The molecule has 0 saturated carbocycles. The van der Waals surface area contributed by atoms with E-state index in [0.717, 1.165) is 10.6 Å². The van der Waals surface area contributed by atoms with Crippen molar-refractivity contribution in [3.63, 3.8) is 0 Å². The molecule has 0 amide bonds. The lowest BCUT2D eigenvalue weighted by Gasteiger charge is -2.17. The minimum absolute atomic E-state index is 0.0159. The summed E-state index contributed by atoms with van der Waals surface area (Å²) < 4.78 is 47.9. The van der Waals surface area contributed by atoms with Crippen LogP contribution in [0, 0.1) is 0 Å². The number of carbonyl (C=O) groups is 1. The molecule has 21 heavy (non-hydrogen) atoms. The summed E-state index contributed by atoms with van der Waals surface area (Å²) in [6.07, 6.45) is 1.33. The van der Waals surface area contributed by atoms with Crippen LogP contribution in [-0.4, -0.2) is 52.5 Å². The number of Topliss-reactive ketones (excluding diaryl/α,β-unsaturated/α-hetero) is 1. The molecule has 1 rings (SSSR count). The molecule has 0 aliphatic carbocycles. The van der Waals surface area contributed by atoms with E-state index in [2.05, 4.69) is 0 Å². The zero-order valence-corrected chi connectivity index (χ0v) is 13.9. The zero-order chi connectivity index (χ0) is 16.3. The van der Waals surface area contributed by atoms with Crippen molar-refractivity contribution in [1.82, 2.24) is 4.31 Å². The van der Waals surface area contributed by atoms with Gasteiger partial charge in [0.25, 0.3) is 0 Å². The number of sulfone groups is 1. The Morgan fingerprint density at radius 3 is 2.33 bits per heavy atom. The normalized spacial score (nSPS) is 12.6. The van der Waals surface area contributed by atoms with E-state index in [1.165, 1.54) is 25.2 Å². The van der Waals surface area contributed by atoms with Crippen LogP contribution >= 0.6 is 0 Å². The maximum absolute atomic E-state index is 12.3. The molecular formula is C13H19NO5S2. The third-order valence-corrected chi connectivity index (χ3v) is 5.74. The summed E-state index contributed by atoms with van der Waals surface area (Å²) in [7, 11) is -5.74. The Balaban J connectivity index is 3.05. The third-order valence-electron chi connectivity index (χ3n) is 2.96. The first-order valence-corrected chi connectivity index (χ1v) is 9.85. The molecule has 0 heterocycles. The Bertz CT molecular complexity index is 723. The molecule has 0 fully saturated rings. The Kier molecular flexibility index (Phi) is 5.66. The minimum atomic E-state index is -3.81. The van der Waals surface area contributed by atoms with Crippen molar-refractivity contribution >= 4 is 25.6 Å². The van der Waals surface area contributed by atoms with Crippen molar-refractivity contribution in [1.29, 1.82) is 0 Å². The molecule has 8 heteroatoms. The van der Waals surface area contributed by atoms with Crippen molar-refractivity contribution < 1.29 is 21.6 Å². The molecule has 0 aromatic heterocycles. The second kappa shape index (κ2) is 6.67. The van der Waals surface area contributed by atoms with Gasteiger partial charge < -0.3 is 0 Å². The Labute approximate surface area is 125 Å². The van der Waals surface area contributed by atoms with Crippen LogP contribution < -0.4 is 0 Å². The van der Waals surface area contributed by atoms with E-state index in [-0.39, 0.29) is 29.4 Å². The van der Waals surface area contributed by atoms with Crippen molar-refractivity contribution in [2.24, 2.45) is 0 Å². The van der Waals surface area contributed by atoms with Gasteiger partial charge in [-0.15, -0.1) is 0 Å². The highest BCUT2D eigenvalue weighted by atomic mass is 32.2. The van der Waals surface area contributed by atoms with E-state index in [0.29, 0.717) is 5.56 Å². The van der Waals surface area contributed by atoms with Gasteiger partial charge in [-0.2, -0.15) is 4.31 Å². The van der Waals surface area contributed by atoms with Crippen molar-refractivity contribution in [3.8, 4) is 0 Å². The SMILES string of the molecule is CCC(=O)c1cccc(S(=O)(=O)N(C)CCS(C)(=O)=O)c1. The second-order valence-corrected chi connectivity index (χ2v) is 9.07. The first-order chi connectivity index (χ1) is 9.58. The number of carbonyl (C=O) groups excluding carboxylic acids is 1. The van der Waals surface area contributed by atoms with Crippen LogP contribution in [-0.2, 0) is 19.9 Å². The number of sulfonamides is 1. The number of rotatable bonds is 7. The number of ketones is 1. The van der Waals surface area contributed by atoms with Gasteiger partial charge >= 0.3 is 0 Å². The van der Waals surface area contributed by atoms with Crippen LogP contribution in [0.4, 0.5) is 0 Å². The fraction of sp³-hybridized carbons (Fsp3) is 0.462. The molecule has 1 aromatic rings. The lowest BCUT2D eigenvalue weighted by molar-refractivity contribution is 0.0988. The number of hydrogen-bond donors (Lipinski definition) is 0. The highest BCUT2D eigenvalue weighted by Crippen LogP contribution is 2.17. The highest BCUT2D eigenvalue weighted by molar-refractivity contribution is 7.91. The lowest BCUT2D eigenvalue weighted by atomic mass is 10.1. The molecule has 0 radical (unpaired) electrons. The molecule has 0 spiro atoms. The fourth-order valence-electron chi connectivity index (χ4n) is 1.63. The van der Waals surface area contributed by atoms with Crippen molar-refractivity contribution in [3.05, 3.63) is 29.8 Å². The Morgan fingerprint density at radius 1 is 1.19 bits per heavy atom. The summed E-state index contributed by atoms with van der Waals surface area (Å²) in [5.41, 5.74) is 0.329. The quantitative estimate of drug-likeness (QED) is 0.693. The van der Waals surface area contributed by atoms with E-state index in [4.69, 9.17) is 0 Å². The summed E-state index contributed by atoms with van der Waals surface area (Å²) in [5.74, 6) is -0.401. The molecule has 1 aromatic carbocycles. The van der Waals surface area contributed by atoms with Crippen LogP contribution in [0.1, 0.15) is 23.7 Å². The molecule has 0 N–H and O–H groups in total. The topological polar surface area (TPSA) is 88.6 Å². The van der Waals surface area contributed by atoms with Gasteiger partial charge in [-0.1, -0.05) is 19.1 Å². The van der Waals surface area contributed by atoms with Crippen molar-refractivity contribution in [2.75, 3.05) is 25.6 Å². The van der Waals surface area contributed by atoms with Crippen LogP contribution in [0.15, 0.2) is 29.2 Å². The highest BCUT2D eigenvalue weighted by Gasteiger charge is 2.22. The zero-order valence-electron chi connectivity index (χ0n) is 12.2. The van der Waals surface area contributed by atoms with Crippen molar-refractivity contribution in [2.45, 2.75) is 18.2 Å². The number of benzene rings is 1. The van der Waals surface area contributed by atoms with Gasteiger partial charge in [-0.3, -0.25) is 4.79 Å². The summed E-state index contributed by atoms with van der Waals surface area (Å²) in [4.78, 5) is 11.6. The Morgan fingerprint density at radius 2 is 1.81 bits per heavy atom. The van der Waals surface area contributed by atoms with E-state index >= 15 is 0 Å². The average molecular weight is 333 g/mol. The summed E-state index contributed by atoms with van der Waals surface area (Å²) in [6.45, 7) is 1.56. The van der Waals surface area contributed by atoms with Gasteiger partial charge in [-0.05, 0) is 12.1 Å². The Hall–Kier alpha value is -1.25. The van der Waals surface area contributed by atoms with Gasteiger partial charge in [0.1, 0.15) is 9.84 Å². The van der Waals surface area contributed by atoms with E-state index in [1.807, 2.05) is 0 Å². The van der Waals surface area contributed by atoms with Gasteiger partial charge in [0, 0.05) is 31.8 Å². The predicted octanol–water partition coefficient (Wildman–Crippen LogP) is 0.944. The second-order valence-electron chi connectivity index (χ2n) is 4.76. The molecule has 0 saturated heterocycles.